The molecular formula is C15H20N2O2S2. The molecule has 1 aromatic rings. The topological polar surface area (TPSA) is 70.0 Å². The van der Waals surface area contributed by atoms with Gasteiger partial charge in [0.15, 0.2) is 0 Å². The Morgan fingerprint density at radius 1 is 1.29 bits per heavy atom. The minimum absolute atomic E-state index is 0.0494. The summed E-state index contributed by atoms with van der Waals surface area (Å²) in [6, 6.07) is 8.56. The fraction of sp³-hybridized carbons (Fsp3) is 0.533. The Labute approximate surface area is 131 Å². The summed E-state index contributed by atoms with van der Waals surface area (Å²) < 4.78 is 27.5. The number of nitriles is 1. The first-order chi connectivity index (χ1) is 10.0. The third-order valence-corrected chi connectivity index (χ3v) is 6.88. The second kappa shape index (κ2) is 6.82. The summed E-state index contributed by atoms with van der Waals surface area (Å²) in [5, 5.41) is 8.63. The van der Waals surface area contributed by atoms with Crippen LogP contribution in [-0.2, 0) is 16.4 Å². The molecule has 114 valence electrons. The van der Waals surface area contributed by atoms with Crippen LogP contribution in [0.1, 0.15) is 31.2 Å². The Morgan fingerprint density at radius 2 is 1.90 bits per heavy atom. The van der Waals surface area contributed by atoms with Crippen LogP contribution in [-0.4, -0.2) is 26.0 Å². The van der Waals surface area contributed by atoms with E-state index in [-0.39, 0.29) is 9.64 Å². The minimum atomic E-state index is -3.47. The molecule has 0 saturated heterocycles. The zero-order valence-corrected chi connectivity index (χ0v) is 13.8. The average molecular weight is 324 g/mol. The first-order valence-corrected chi connectivity index (χ1v) is 9.73. The zero-order valence-electron chi connectivity index (χ0n) is 12.1. The van der Waals surface area contributed by atoms with Gasteiger partial charge in [-0.05, 0) is 36.8 Å². The molecule has 0 unspecified atom stereocenters. The van der Waals surface area contributed by atoms with Gasteiger partial charge in [-0.2, -0.15) is 17.0 Å². The van der Waals surface area contributed by atoms with Gasteiger partial charge >= 0.3 is 0 Å². The van der Waals surface area contributed by atoms with Gasteiger partial charge in [-0.25, -0.2) is 13.1 Å². The lowest BCUT2D eigenvalue weighted by molar-refractivity contribution is 0.551. The van der Waals surface area contributed by atoms with Crippen molar-refractivity contribution >= 4 is 21.8 Å². The lowest BCUT2D eigenvalue weighted by Gasteiger charge is -2.26. The summed E-state index contributed by atoms with van der Waals surface area (Å²) in [5.74, 6) is 0. The van der Waals surface area contributed by atoms with E-state index in [4.69, 9.17) is 5.26 Å². The lowest BCUT2D eigenvalue weighted by atomic mass is 10.1. The molecule has 1 aromatic carbocycles. The van der Waals surface area contributed by atoms with Crippen LogP contribution in [0.5, 0.6) is 0 Å². The molecule has 2 rings (SSSR count). The third-order valence-electron chi connectivity index (χ3n) is 4.05. The first kappa shape index (κ1) is 16.3. The van der Waals surface area contributed by atoms with E-state index >= 15 is 0 Å². The molecule has 6 heteroatoms. The molecule has 1 N–H and O–H groups in total. The van der Waals surface area contributed by atoms with Gasteiger partial charge in [0.2, 0.25) is 10.0 Å². The van der Waals surface area contributed by atoms with E-state index in [1.54, 1.807) is 36.0 Å². The fourth-order valence-electron chi connectivity index (χ4n) is 2.66. The molecule has 0 aromatic heterocycles. The summed E-state index contributed by atoms with van der Waals surface area (Å²) in [4.78, 5) is 0.262. The minimum Gasteiger partial charge on any atom is -0.210 e. The molecule has 1 saturated carbocycles. The number of hydrogen-bond donors (Lipinski definition) is 1. The number of hydrogen-bond acceptors (Lipinski definition) is 4. The number of nitrogens with zero attached hydrogens (tertiary/aromatic N) is 1. The van der Waals surface area contributed by atoms with Gasteiger partial charge in [0.1, 0.15) is 0 Å². The Kier molecular flexibility index (Phi) is 5.31. The maximum atomic E-state index is 12.3. The van der Waals surface area contributed by atoms with Gasteiger partial charge in [-0.15, -0.1) is 0 Å². The van der Waals surface area contributed by atoms with E-state index in [0.29, 0.717) is 13.0 Å². The average Bonchev–Trinajstić information content (AvgIpc) is 2.96. The number of sulfonamides is 1. The highest BCUT2D eigenvalue weighted by atomic mass is 32.2. The second-order valence-electron chi connectivity index (χ2n) is 5.40. The molecule has 0 spiro atoms. The van der Waals surface area contributed by atoms with Crippen LogP contribution in [0.2, 0.25) is 0 Å². The van der Waals surface area contributed by atoms with Crippen LogP contribution >= 0.6 is 11.8 Å². The van der Waals surface area contributed by atoms with Crippen LogP contribution in [0, 0.1) is 11.3 Å². The van der Waals surface area contributed by atoms with E-state index in [0.717, 1.165) is 18.4 Å². The molecule has 0 aliphatic heterocycles. The van der Waals surface area contributed by atoms with Crippen LogP contribution < -0.4 is 4.72 Å². The molecule has 0 atom stereocenters. The molecule has 1 aliphatic rings. The van der Waals surface area contributed by atoms with E-state index in [1.807, 2.05) is 6.07 Å². The molecule has 0 radical (unpaired) electrons. The van der Waals surface area contributed by atoms with Crippen molar-refractivity contribution in [2.45, 2.75) is 41.7 Å². The molecule has 1 fully saturated rings. The smallest absolute Gasteiger partial charge is 0.210 e. The molecule has 0 amide bonds. The molecule has 21 heavy (non-hydrogen) atoms. The van der Waals surface area contributed by atoms with Crippen molar-refractivity contribution in [3.63, 3.8) is 0 Å². The Balaban J connectivity index is 2.06. The van der Waals surface area contributed by atoms with Gasteiger partial charge in [-0.3, -0.25) is 0 Å². The van der Waals surface area contributed by atoms with Gasteiger partial charge < -0.3 is 0 Å². The monoisotopic (exact) mass is 324 g/mol. The van der Waals surface area contributed by atoms with E-state index in [1.165, 1.54) is 12.8 Å². The fourth-order valence-corrected chi connectivity index (χ4v) is 4.79. The van der Waals surface area contributed by atoms with Crippen molar-refractivity contribution in [3.05, 3.63) is 29.8 Å². The van der Waals surface area contributed by atoms with Crippen LogP contribution in [0.4, 0.5) is 0 Å². The van der Waals surface area contributed by atoms with E-state index < -0.39 is 10.0 Å². The van der Waals surface area contributed by atoms with Crippen LogP contribution in [0.3, 0.4) is 0 Å². The van der Waals surface area contributed by atoms with Crippen molar-refractivity contribution in [2.75, 3.05) is 12.8 Å². The van der Waals surface area contributed by atoms with Crippen molar-refractivity contribution < 1.29 is 8.42 Å². The normalized spacial score (nSPS) is 17.5. The predicted molar refractivity (Wildman–Crippen MR) is 85.7 cm³/mol. The van der Waals surface area contributed by atoms with Crippen LogP contribution in [0.15, 0.2) is 29.2 Å². The summed E-state index contributed by atoms with van der Waals surface area (Å²) in [5.41, 5.74) is 0.827. The number of benzene rings is 1. The maximum Gasteiger partial charge on any atom is 0.240 e. The molecule has 4 nitrogen and oxygen atoms in total. The van der Waals surface area contributed by atoms with Gasteiger partial charge in [0.25, 0.3) is 0 Å². The summed E-state index contributed by atoms with van der Waals surface area (Å²) in [6.07, 6.45) is 6.83. The third kappa shape index (κ3) is 4.00. The standard InChI is InChI=1S/C15H20N2O2S2/c1-20-15(9-2-3-10-15)12-17-21(18,19)14-6-4-13(5-7-14)8-11-16/h4-7,17H,2-3,8-10,12H2,1H3. The van der Waals surface area contributed by atoms with E-state index in [9.17, 15) is 8.42 Å². The molecule has 0 heterocycles. The van der Waals surface area contributed by atoms with Gasteiger partial charge in [-0.1, -0.05) is 25.0 Å². The highest BCUT2D eigenvalue weighted by molar-refractivity contribution is 8.00. The Bertz CT molecular complexity index is 612. The predicted octanol–water partition coefficient (Wildman–Crippen LogP) is 2.71. The van der Waals surface area contributed by atoms with Crippen molar-refractivity contribution in [1.29, 1.82) is 5.26 Å². The first-order valence-electron chi connectivity index (χ1n) is 7.02. The number of thioether (sulfide) groups is 1. The second-order valence-corrected chi connectivity index (χ2v) is 8.44. The number of rotatable bonds is 6. The zero-order chi connectivity index (χ0) is 15.3. The quantitative estimate of drug-likeness (QED) is 0.873. The van der Waals surface area contributed by atoms with Gasteiger partial charge in [0.05, 0.1) is 17.4 Å². The molecular weight excluding hydrogens is 304 g/mol. The number of nitrogens with one attached hydrogen (secondary N) is 1. The summed E-state index contributed by atoms with van der Waals surface area (Å²) in [7, 11) is -3.47. The highest BCUT2D eigenvalue weighted by Crippen LogP contribution is 2.39. The van der Waals surface area contributed by atoms with Gasteiger partial charge in [0, 0.05) is 11.3 Å². The SMILES string of the molecule is CSC1(CNS(=O)(=O)c2ccc(CC#N)cc2)CCCC1. The van der Waals surface area contributed by atoms with Crippen LogP contribution in [0.25, 0.3) is 0 Å². The largest absolute Gasteiger partial charge is 0.240 e. The summed E-state index contributed by atoms with van der Waals surface area (Å²) >= 11 is 1.76. The Morgan fingerprint density at radius 3 is 2.43 bits per heavy atom. The molecule has 0 bridgehead atoms. The highest BCUT2D eigenvalue weighted by Gasteiger charge is 2.34. The summed E-state index contributed by atoms with van der Waals surface area (Å²) in [6.45, 7) is 0.483. The van der Waals surface area contributed by atoms with Crippen molar-refractivity contribution in [3.8, 4) is 6.07 Å². The van der Waals surface area contributed by atoms with Crippen molar-refractivity contribution in [1.82, 2.24) is 4.72 Å². The maximum absolute atomic E-state index is 12.3. The Hall–Kier alpha value is -1.03. The lowest BCUT2D eigenvalue weighted by Crippen LogP contribution is -2.38. The van der Waals surface area contributed by atoms with E-state index in [2.05, 4.69) is 11.0 Å². The molecule has 1 aliphatic carbocycles. The van der Waals surface area contributed by atoms with Crippen molar-refractivity contribution in [2.24, 2.45) is 0 Å².